The number of allylic oxidation sites excluding steroid dienone is 1. The predicted octanol–water partition coefficient (Wildman–Crippen LogP) is 2.75. The van der Waals surface area contributed by atoms with Gasteiger partial charge >= 0.3 is 0 Å². The topological polar surface area (TPSA) is 53.4 Å². The molecule has 23 heavy (non-hydrogen) atoms. The molecule has 1 N–H and O–H groups in total. The van der Waals surface area contributed by atoms with Gasteiger partial charge in [-0.3, -0.25) is 9.78 Å². The molecule has 1 fully saturated rings. The number of carbonyl (C=O) groups excluding carboxylic acids is 1. The Hall–Kier alpha value is -1.68. The Labute approximate surface area is 138 Å². The van der Waals surface area contributed by atoms with Crippen LogP contribution >= 0.6 is 0 Å². The molecule has 2 heterocycles. The van der Waals surface area contributed by atoms with E-state index in [4.69, 9.17) is 0 Å². The molecule has 1 aliphatic heterocycles. The lowest BCUT2D eigenvalue weighted by molar-refractivity contribution is 0.0285. The molecule has 1 aromatic heterocycles. The number of rotatable bonds is 4. The number of fused-ring (bicyclic) bond motifs is 1. The van der Waals surface area contributed by atoms with Crippen LogP contribution in [0.15, 0.2) is 24.9 Å². The number of piperidine rings is 1. The first-order chi connectivity index (χ1) is 11.2. The number of carbonyl (C=O) groups is 1. The Morgan fingerprint density at radius 1 is 1.39 bits per heavy atom. The van der Waals surface area contributed by atoms with Gasteiger partial charge in [0.1, 0.15) is 0 Å². The number of hydrogen-bond donors (Lipinski definition) is 1. The van der Waals surface area contributed by atoms with Gasteiger partial charge in [0, 0.05) is 30.4 Å². The Morgan fingerprint density at radius 3 is 3.00 bits per heavy atom. The van der Waals surface area contributed by atoms with Crippen LogP contribution in [0.3, 0.4) is 0 Å². The molecule has 4 heteroatoms. The molecule has 0 aromatic carbocycles. The highest BCUT2D eigenvalue weighted by Gasteiger charge is 2.36. The van der Waals surface area contributed by atoms with Gasteiger partial charge in [0.15, 0.2) is 0 Å². The smallest absolute Gasteiger partial charge is 0.255 e. The van der Waals surface area contributed by atoms with Crippen molar-refractivity contribution < 1.29 is 9.90 Å². The summed E-state index contributed by atoms with van der Waals surface area (Å²) in [4.78, 5) is 19.3. The average molecular weight is 314 g/mol. The van der Waals surface area contributed by atoms with E-state index in [1.54, 1.807) is 6.20 Å². The first kappa shape index (κ1) is 16.2. The molecule has 0 unspecified atom stereocenters. The van der Waals surface area contributed by atoms with E-state index in [-0.39, 0.29) is 17.9 Å². The lowest BCUT2D eigenvalue weighted by atomic mass is 9.77. The fraction of sp³-hybridized carbons (Fsp3) is 0.579. The van der Waals surface area contributed by atoms with Crippen LogP contribution in [-0.4, -0.2) is 40.6 Å². The third-order valence-electron chi connectivity index (χ3n) is 5.28. The van der Waals surface area contributed by atoms with Gasteiger partial charge in [-0.15, -0.1) is 6.58 Å². The van der Waals surface area contributed by atoms with Crippen LogP contribution in [0.2, 0.25) is 0 Å². The number of nitrogens with zero attached hydrogens (tertiary/aromatic N) is 2. The highest BCUT2D eigenvalue weighted by Crippen LogP contribution is 2.34. The van der Waals surface area contributed by atoms with Crippen LogP contribution in [0.5, 0.6) is 0 Å². The Morgan fingerprint density at radius 2 is 2.22 bits per heavy atom. The highest BCUT2D eigenvalue weighted by atomic mass is 16.3. The van der Waals surface area contributed by atoms with Crippen molar-refractivity contribution in [1.29, 1.82) is 0 Å². The maximum absolute atomic E-state index is 12.9. The van der Waals surface area contributed by atoms with Gasteiger partial charge in [-0.2, -0.15) is 0 Å². The van der Waals surface area contributed by atoms with Crippen molar-refractivity contribution >= 4 is 5.91 Å². The number of likely N-dealkylation sites (tertiary alicyclic amines) is 1. The van der Waals surface area contributed by atoms with Gasteiger partial charge in [-0.25, -0.2) is 0 Å². The third-order valence-corrected chi connectivity index (χ3v) is 5.28. The van der Waals surface area contributed by atoms with E-state index in [1.165, 1.54) is 18.4 Å². The lowest BCUT2D eigenvalue weighted by Crippen LogP contribution is -2.47. The lowest BCUT2D eigenvalue weighted by Gasteiger charge is -2.41. The first-order valence-corrected chi connectivity index (χ1v) is 8.66. The van der Waals surface area contributed by atoms with Crippen molar-refractivity contribution in [1.82, 2.24) is 9.88 Å². The highest BCUT2D eigenvalue weighted by molar-refractivity contribution is 5.94. The van der Waals surface area contributed by atoms with Crippen LogP contribution in [0, 0.1) is 5.41 Å². The van der Waals surface area contributed by atoms with Gasteiger partial charge < -0.3 is 10.0 Å². The summed E-state index contributed by atoms with van der Waals surface area (Å²) in [7, 11) is 0. The van der Waals surface area contributed by atoms with Crippen molar-refractivity contribution in [2.24, 2.45) is 5.41 Å². The van der Waals surface area contributed by atoms with E-state index >= 15 is 0 Å². The fourth-order valence-corrected chi connectivity index (χ4v) is 3.94. The minimum absolute atomic E-state index is 0.0486. The summed E-state index contributed by atoms with van der Waals surface area (Å²) in [6.07, 6.45) is 10.6. The van der Waals surface area contributed by atoms with E-state index in [9.17, 15) is 9.90 Å². The summed E-state index contributed by atoms with van der Waals surface area (Å²) in [6, 6.07) is 2.03. The average Bonchev–Trinajstić information content (AvgIpc) is 2.61. The maximum Gasteiger partial charge on any atom is 0.255 e. The number of amides is 1. The monoisotopic (exact) mass is 314 g/mol. The van der Waals surface area contributed by atoms with Crippen molar-refractivity contribution in [3.8, 4) is 0 Å². The summed E-state index contributed by atoms with van der Waals surface area (Å²) in [5, 5.41) is 9.80. The quantitative estimate of drug-likeness (QED) is 0.870. The largest absolute Gasteiger partial charge is 0.396 e. The molecule has 1 aliphatic carbocycles. The molecular weight excluding hydrogens is 288 g/mol. The van der Waals surface area contributed by atoms with Gasteiger partial charge in [0.25, 0.3) is 5.91 Å². The number of aromatic nitrogens is 1. The van der Waals surface area contributed by atoms with E-state index < -0.39 is 0 Å². The summed E-state index contributed by atoms with van der Waals surface area (Å²) in [6.45, 7) is 5.26. The molecular formula is C19H26N2O2. The summed E-state index contributed by atoms with van der Waals surface area (Å²) < 4.78 is 0. The van der Waals surface area contributed by atoms with Crippen LogP contribution < -0.4 is 0 Å². The predicted molar refractivity (Wildman–Crippen MR) is 90.3 cm³/mol. The molecule has 0 bridgehead atoms. The normalized spacial score (nSPS) is 24.1. The van der Waals surface area contributed by atoms with Gasteiger partial charge in [-0.05, 0) is 56.6 Å². The summed E-state index contributed by atoms with van der Waals surface area (Å²) in [5.41, 5.74) is 2.86. The Kier molecular flexibility index (Phi) is 4.81. The third kappa shape index (κ3) is 3.32. The first-order valence-electron chi connectivity index (χ1n) is 8.66. The molecule has 1 amide bonds. The Bertz CT molecular complexity index is 599. The number of pyridine rings is 1. The molecule has 0 radical (unpaired) electrons. The minimum atomic E-state index is -0.225. The van der Waals surface area contributed by atoms with E-state index in [1.807, 2.05) is 17.0 Å². The second-order valence-electron chi connectivity index (χ2n) is 7.02. The molecule has 0 spiro atoms. The number of aliphatic hydroxyl groups is 1. The molecule has 4 nitrogen and oxygen atoms in total. The van der Waals surface area contributed by atoms with Crippen LogP contribution in [0.1, 0.15) is 53.7 Å². The van der Waals surface area contributed by atoms with E-state index in [2.05, 4.69) is 11.6 Å². The number of aryl methyl sites for hydroxylation is 2. The van der Waals surface area contributed by atoms with Gasteiger partial charge in [0.05, 0.1) is 12.2 Å². The van der Waals surface area contributed by atoms with Gasteiger partial charge in [-0.1, -0.05) is 6.08 Å². The maximum atomic E-state index is 12.9. The zero-order chi connectivity index (χ0) is 16.3. The second-order valence-corrected chi connectivity index (χ2v) is 7.02. The second kappa shape index (κ2) is 6.83. The van der Waals surface area contributed by atoms with Crippen molar-refractivity contribution in [2.45, 2.75) is 44.9 Å². The number of aliphatic hydroxyl groups excluding tert-OH is 1. The van der Waals surface area contributed by atoms with E-state index in [0.717, 1.165) is 44.3 Å². The summed E-state index contributed by atoms with van der Waals surface area (Å²) >= 11 is 0. The van der Waals surface area contributed by atoms with Crippen LogP contribution in [-0.2, 0) is 12.8 Å². The molecule has 1 aromatic rings. The minimum Gasteiger partial charge on any atom is -0.396 e. The number of hydrogen-bond acceptors (Lipinski definition) is 3. The summed E-state index contributed by atoms with van der Waals surface area (Å²) in [5.74, 6) is 0.0486. The Balaban J connectivity index is 1.78. The van der Waals surface area contributed by atoms with Crippen LogP contribution in [0.25, 0.3) is 0 Å². The van der Waals surface area contributed by atoms with Crippen molar-refractivity contribution in [2.75, 3.05) is 19.7 Å². The molecule has 0 saturated carbocycles. The van der Waals surface area contributed by atoms with Crippen molar-refractivity contribution in [3.05, 3.63) is 41.7 Å². The van der Waals surface area contributed by atoms with Crippen LogP contribution in [0.4, 0.5) is 0 Å². The zero-order valence-corrected chi connectivity index (χ0v) is 13.8. The van der Waals surface area contributed by atoms with Crippen molar-refractivity contribution in [3.63, 3.8) is 0 Å². The SMILES string of the molecule is C=CC[C@]1(CO)CCCN(C(=O)c2cnc3c(c2)CCCC3)C1. The molecule has 124 valence electrons. The molecule has 3 rings (SSSR count). The molecule has 2 aliphatic rings. The standard InChI is InChI=1S/C19H26N2O2/c1-2-8-19(14-22)9-5-10-21(13-19)18(23)16-11-15-6-3-4-7-17(15)20-12-16/h2,11-12,22H,1,3-10,13-14H2/t19-/m0/s1. The van der Waals surface area contributed by atoms with Gasteiger partial charge in [0.2, 0.25) is 0 Å². The van der Waals surface area contributed by atoms with E-state index in [0.29, 0.717) is 12.1 Å². The molecule has 1 saturated heterocycles. The zero-order valence-electron chi connectivity index (χ0n) is 13.8. The fourth-order valence-electron chi connectivity index (χ4n) is 3.94. The molecule has 1 atom stereocenters.